The Kier molecular flexibility index (Phi) is 4.16. The molecule has 0 saturated carbocycles. The van der Waals surface area contributed by atoms with E-state index < -0.39 is 0 Å². The monoisotopic (exact) mass is 324 g/mol. The lowest BCUT2D eigenvalue weighted by Crippen LogP contribution is -2.03. The topological polar surface area (TPSA) is 50.7 Å². The van der Waals surface area contributed by atoms with Crippen LogP contribution in [0.15, 0.2) is 91.0 Å². The molecule has 0 radical (unpaired) electrons. The summed E-state index contributed by atoms with van der Waals surface area (Å²) in [7, 11) is 0. The van der Waals surface area contributed by atoms with Gasteiger partial charge in [-0.25, -0.2) is 0 Å². The van der Waals surface area contributed by atoms with Crippen LogP contribution >= 0.6 is 0 Å². The molecule has 4 aromatic rings. The van der Waals surface area contributed by atoms with E-state index in [0.29, 0.717) is 5.82 Å². The molecule has 120 valence electrons. The molecule has 0 aliphatic carbocycles. The summed E-state index contributed by atoms with van der Waals surface area (Å²) in [4.78, 5) is 0. The van der Waals surface area contributed by atoms with Crippen LogP contribution in [0.5, 0.6) is 0 Å². The molecule has 3 aromatic carbocycles. The number of nitrogens with one attached hydrogen (secondary N) is 1. The normalized spacial score (nSPS) is 10.4. The van der Waals surface area contributed by atoms with E-state index in [1.165, 1.54) is 0 Å². The summed E-state index contributed by atoms with van der Waals surface area (Å²) in [5, 5.41) is 15.9. The first-order chi connectivity index (χ1) is 12.4. The Labute approximate surface area is 146 Å². The molecule has 0 aliphatic rings. The van der Waals surface area contributed by atoms with Crippen LogP contribution in [0.2, 0.25) is 0 Å². The fraction of sp³-hybridized carbons (Fsp3) is 0. The third kappa shape index (κ3) is 3.23. The van der Waals surface area contributed by atoms with Gasteiger partial charge in [0.25, 0.3) is 0 Å². The summed E-state index contributed by atoms with van der Waals surface area (Å²) in [6, 6.07) is 30.1. The van der Waals surface area contributed by atoms with Gasteiger partial charge >= 0.3 is 0 Å². The van der Waals surface area contributed by atoms with Crippen molar-refractivity contribution >= 4 is 11.5 Å². The second-order valence-corrected chi connectivity index (χ2v) is 5.58. The van der Waals surface area contributed by atoms with Crippen molar-refractivity contribution in [2.45, 2.75) is 0 Å². The van der Waals surface area contributed by atoms with E-state index >= 15 is 0 Å². The molecule has 0 atom stereocenters. The Bertz CT molecular complexity index is 955. The fourth-order valence-corrected chi connectivity index (χ4v) is 2.75. The highest BCUT2D eigenvalue weighted by Crippen LogP contribution is 2.35. The molecule has 0 spiro atoms. The smallest absolute Gasteiger partial charge is 0.165 e. The van der Waals surface area contributed by atoms with Crippen molar-refractivity contribution < 1.29 is 0 Å². The Morgan fingerprint density at radius 1 is 0.560 bits per heavy atom. The number of hydrogen-bond acceptors (Lipinski definition) is 4. The molecule has 4 nitrogen and oxygen atoms in total. The lowest BCUT2D eigenvalue weighted by atomic mass is 10.00. The van der Waals surface area contributed by atoms with Crippen molar-refractivity contribution in [3.8, 4) is 22.4 Å². The van der Waals surface area contributed by atoms with Crippen molar-refractivity contribution in [3.05, 3.63) is 91.0 Å². The van der Waals surface area contributed by atoms with E-state index in [1.807, 2.05) is 78.9 Å². The van der Waals surface area contributed by atoms with Gasteiger partial charge in [-0.2, -0.15) is 0 Å². The first-order valence-electron chi connectivity index (χ1n) is 8.08. The highest BCUT2D eigenvalue weighted by Gasteiger charge is 2.16. The molecule has 0 fully saturated rings. The Morgan fingerprint density at radius 2 is 1.12 bits per heavy atom. The predicted molar refractivity (Wildman–Crippen MR) is 100 cm³/mol. The van der Waals surface area contributed by atoms with E-state index in [-0.39, 0.29) is 0 Å². The van der Waals surface area contributed by atoms with E-state index in [0.717, 1.165) is 28.1 Å². The molecule has 0 amide bonds. The molecule has 0 saturated heterocycles. The van der Waals surface area contributed by atoms with Crippen LogP contribution in [0.25, 0.3) is 22.4 Å². The summed E-state index contributed by atoms with van der Waals surface area (Å²) in [6.07, 6.45) is 0. The van der Waals surface area contributed by atoms with Crippen molar-refractivity contribution in [2.75, 3.05) is 5.32 Å². The first-order valence-corrected chi connectivity index (χ1v) is 8.08. The average molecular weight is 324 g/mol. The van der Waals surface area contributed by atoms with Crippen LogP contribution in [0.3, 0.4) is 0 Å². The highest BCUT2D eigenvalue weighted by atomic mass is 15.3. The van der Waals surface area contributed by atoms with Gasteiger partial charge < -0.3 is 5.32 Å². The Hall–Kier alpha value is -3.53. The van der Waals surface area contributed by atoms with Crippen molar-refractivity contribution in [2.24, 2.45) is 0 Å². The third-order valence-electron chi connectivity index (χ3n) is 3.91. The third-order valence-corrected chi connectivity index (χ3v) is 3.91. The Morgan fingerprint density at radius 3 is 1.76 bits per heavy atom. The number of nitrogens with zero attached hydrogens (tertiary/aromatic N) is 3. The SMILES string of the molecule is c1ccc(Nc2nnnc(-c3ccccc3)c2-c2ccccc2)cc1. The van der Waals surface area contributed by atoms with E-state index in [9.17, 15) is 0 Å². The van der Waals surface area contributed by atoms with Gasteiger partial charge in [0.15, 0.2) is 5.82 Å². The van der Waals surface area contributed by atoms with Gasteiger partial charge in [0, 0.05) is 11.3 Å². The van der Waals surface area contributed by atoms with Crippen LogP contribution in [0.1, 0.15) is 0 Å². The number of para-hydroxylation sites is 1. The van der Waals surface area contributed by atoms with E-state index in [1.54, 1.807) is 0 Å². The highest BCUT2D eigenvalue weighted by molar-refractivity contribution is 5.89. The molecule has 1 aromatic heterocycles. The maximum absolute atomic E-state index is 4.33. The molecule has 0 bridgehead atoms. The molecule has 25 heavy (non-hydrogen) atoms. The predicted octanol–water partition coefficient (Wildman–Crippen LogP) is 4.95. The first kappa shape index (κ1) is 15.0. The van der Waals surface area contributed by atoms with Gasteiger partial charge in [-0.1, -0.05) is 78.9 Å². The molecular formula is C21H16N4. The van der Waals surface area contributed by atoms with Crippen LogP contribution in [-0.4, -0.2) is 15.4 Å². The summed E-state index contributed by atoms with van der Waals surface area (Å²) < 4.78 is 0. The number of benzene rings is 3. The molecule has 4 rings (SSSR count). The average Bonchev–Trinajstić information content (AvgIpc) is 2.70. The van der Waals surface area contributed by atoms with Crippen molar-refractivity contribution in [1.82, 2.24) is 15.4 Å². The molecular weight excluding hydrogens is 308 g/mol. The second kappa shape index (κ2) is 6.93. The molecule has 0 unspecified atom stereocenters. The molecule has 1 heterocycles. The minimum Gasteiger partial charge on any atom is -0.338 e. The van der Waals surface area contributed by atoms with Crippen LogP contribution in [0, 0.1) is 0 Å². The Balaban J connectivity index is 1.89. The minimum absolute atomic E-state index is 0.686. The maximum atomic E-state index is 4.33. The summed E-state index contributed by atoms with van der Waals surface area (Å²) in [5.74, 6) is 0.686. The number of aromatic nitrogens is 3. The van der Waals surface area contributed by atoms with Gasteiger partial charge in [-0.3, -0.25) is 0 Å². The lowest BCUT2D eigenvalue weighted by Gasteiger charge is -2.14. The molecule has 1 N–H and O–H groups in total. The number of hydrogen-bond donors (Lipinski definition) is 1. The number of anilines is 2. The van der Waals surface area contributed by atoms with Crippen LogP contribution in [0.4, 0.5) is 11.5 Å². The molecule has 0 aliphatic heterocycles. The van der Waals surface area contributed by atoms with Crippen LogP contribution in [-0.2, 0) is 0 Å². The zero-order chi connectivity index (χ0) is 16.9. The summed E-state index contributed by atoms with van der Waals surface area (Å²) >= 11 is 0. The van der Waals surface area contributed by atoms with E-state index in [2.05, 4.69) is 32.9 Å². The quantitative estimate of drug-likeness (QED) is 0.577. The second-order valence-electron chi connectivity index (χ2n) is 5.58. The van der Waals surface area contributed by atoms with Gasteiger partial charge in [-0.15, -0.1) is 10.2 Å². The van der Waals surface area contributed by atoms with Gasteiger partial charge in [0.2, 0.25) is 0 Å². The van der Waals surface area contributed by atoms with Crippen LogP contribution < -0.4 is 5.32 Å². The maximum Gasteiger partial charge on any atom is 0.165 e. The minimum atomic E-state index is 0.686. The fourth-order valence-electron chi connectivity index (χ4n) is 2.75. The standard InChI is InChI=1S/C21H16N4/c1-4-10-16(11-5-1)19-20(17-12-6-2-7-13-17)23-25-24-21(19)22-18-14-8-3-9-15-18/h1-15H,(H,22,23,24). The number of rotatable bonds is 4. The lowest BCUT2D eigenvalue weighted by molar-refractivity contribution is 0.879. The zero-order valence-corrected chi connectivity index (χ0v) is 13.5. The molecule has 4 heteroatoms. The summed E-state index contributed by atoms with van der Waals surface area (Å²) in [6.45, 7) is 0. The summed E-state index contributed by atoms with van der Waals surface area (Å²) in [5.41, 5.74) is 4.75. The van der Waals surface area contributed by atoms with Gasteiger partial charge in [-0.05, 0) is 22.9 Å². The van der Waals surface area contributed by atoms with E-state index in [4.69, 9.17) is 0 Å². The van der Waals surface area contributed by atoms with Gasteiger partial charge in [0.05, 0.1) is 5.56 Å². The van der Waals surface area contributed by atoms with Gasteiger partial charge in [0.1, 0.15) is 5.69 Å². The van der Waals surface area contributed by atoms with Crippen molar-refractivity contribution in [1.29, 1.82) is 0 Å². The van der Waals surface area contributed by atoms with Crippen molar-refractivity contribution in [3.63, 3.8) is 0 Å². The largest absolute Gasteiger partial charge is 0.338 e. The zero-order valence-electron chi connectivity index (χ0n) is 13.5.